The topological polar surface area (TPSA) is 52.8 Å². The summed E-state index contributed by atoms with van der Waals surface area (Å²) in [4.78, 5) is 17.2. The van der Waals surface area contributed by atoms with Crippen LogP contribution >= 0.6 is 34.5 Å². The van der Waals surface area contributed by atoms with Gasteiger partial charge in [0.15, 0.2) is 16.3 Å². The minimum Gasteiger partial charge on any atom is -0.485 e. The summed E-state index contributed by atoms with van der Waals surface area (Å²) in [5.41, 5.74) is 0.786. The molecule has 1 aromatic heterocycles. The summed E-state index contributed by atoms with van der Waals surface area (Å²) >= 11 is 13.6. The molecule has 0 fully saturated rings. The fourth-order valence-corrected chi connectivity index (χ4v) is 4.44. The molecule has 2 heterocycles. The summed E-state index contributed by atoms with van der Waals surface area (Å²) < 4.78 is 13.9. The Morgan fingerprint density at radius 1 is 1.28 bits per heavy atom. The zero-order chi connectivity index (χ0) is 17.6. The highest BCUT2D eigenvalue weighted by Gasteiger charge is 2.27. The first-order valence-corrected chi connectivity index (χ1v) is 9.02. The molecule has 1 aliphatic rings. The standard InChI is InChI=1S/C17H12Cl2N2O3S/c1-21-15-10(19)6-9(18)7-14(15)25-17(21)20-16(22)13-8-23-11-4-2-3-5-12(11)24-13/h2-7,13H,8H2,1H3/t13-/m1/s1. The van der Waals surface area contributed by atoms with Gasteiger partial charge in [0.2, 0.25) is 6.10 Å². The van der Waals surface area contributed by atoms with E-state index in [1.807, 2.05) is 12.1 Å². The van der Waals surface area contributed by atoms with Gasteiger partial charge in [-0.05, 0) is 24.3 Å². The number of hydrogen-bond donors (Lipinski definition) is 0. The summed E-state index contributed by atoms with van der Waals surface area (Å²) in [6.45, 7) is 0.126. The lowest BCUT2D eigenvalue weighted by Crippen LogP contribution is -2.36. The molecule has 0 saturated heterocycles. The largest absolute Gasteiger partial charge is 0.485 e. The van der Waals surface area contributed by atoms with Gasteiger partial charge in [-0.1, -0.05) is 46.7 Å². The molecule has 4 rings (SSSR count). The number of aryl methyl sites for hydroxylation is 1. The van der Waals surface area contributed by atoms with Crippen LogP contribution in [-0.2, 0) is 11.8 Å². The molecule has 2 aromatic carbocycles. The van der Waals surface area contributed by atoms with E-state index in [1.54, 1.807) is 35.9 Å². The number of aromatic nitrogens is 1. The number of nitrogens with zero attached hydrogens (tertiary/aromatic N) is 2. The Morgan fingerprint density at radius 3 is 2.84 bits per heavy atom. The molecule has 5 nitrogen and oxygen atoms in total. The van der Waals surface area contributed by atoms with Gasteiger partial charge in [-0.3, -0.25) is 4.79 Å². The minimum atomic E-state index is -0.779. The lowest BCUT2D eigenvalue weighted by molar-refractivity contribution is -0.127. The van der Waals surface area contributed by atoms with E-state index in [9.17, 15) is 4.79 Å². The van der Waals surface area contributed by atoms with Gasteiger partial charge < -0.3 is 14.0 Å². The molecular formula is C17H12Cl2N2O3S. The third-order valence-corrected chi connectivity index (χ3v) is 5.39. The molecule has 1 atom stereocenters. The van der Waals surface area contributed by atoms with Crippen LogP contribution < -0.4 is 14.3 Å². The van der Waals surface area contributed by atoms with Gasteiger partial charge in [-0.15, -0.1) is 0 Å². The summed E-state index contributed by atoms with van der Waals surface area (Å²) in [7, 11) is 1.80. The van der Waals surface area contributed by atoms with Crippen molar-refractivity contribution in [3.63, 3.8) is 0 Å². The normalized spacial score (nSPS) is 17.1. The monoisotopic (exact) mass is 394 g/mol. The van der Waals surface area contributed by atoms with E-state index in [-0.39, 0.29) is 6.61 Å². The Bertz CT molecular complexity index is 1060. The van der Waals surface area contributed by atoms with Gasteiger partial charge in [-0.2, -0.15) is 4.99 Å². The molecule has 1 amide bonds. The fraction of sp³-hybridized carbons (Fsp3) is 0.176. The quantitative estimate of drug-likeness (QED) is 0.630. The Hall–Kier alpha value is -2.02. The van der Waals surface area contributed by atoms with Crippen LogP contribution in [0.25, 0.3) is 10.2 Å². The van der Waals surface area contributed by atoms with Gasteiger partial charge in [0.25, 0.3) is 5.91 Å². The maximum Gasteiger partial charge on any atom is 0.292 e. The summed E-state index contributed by atoms with van der Waals surface area (Å²) in [6.07, 6.45) is -0.779. The lowest BCUT2D eigenvalue weighted by Gasteiger charge is -2.23. The van der Waals surface area contributed by atoms with E-state index >= 15 is 0 Å². The number of para-hydroxylation sites is 2. The number of carbonyl (C=O) groups excluding carboxylic acids is 1. The first-order chi connectivity index (χ1) is 12.0. The highest BCUT2D eigenvalue weighted by molar-refractivity contribution is 7.16. The minimum absolute atomic E-state index is 0.126. The van der Waals surface area contributed by atoms with Crippen LogP contribution in [-0.4, -0.2) is 23.2 Å². The van der Waals surface area contributed by atoms with Crippen molar-refractivity contribution in [1.82, 2.24) is 4.57 Å². The third kappa shape index (κ3) is 3.01. The van der Waals surface area contributed by atoms with Crippen LogP contribution in [0.4, 0.5) is 0 Å². The molecule has 3 aromatic rings. The van der Waals surface area contributed by atoms with Crippen molar-refractivity contribution in [3.8, 4) is 11.5 Å². The molecule has 0 spiro atoms. The number of fused-ring (bicyclic) bond motifs is 2. The molecule has 0 saturated carbocycles. The van der Waals surface area contributed by atoms with Crippen LogP contribution in [0, 0.1) is 0 Å². The molecule has 25 heavy (non-hydrogen) atoms. The van der Waals surface area contributed by atoms with Crippen molar-refractivity contribution in [2.45, 2.75) is 6.10 Å². The van der Waals surface area contributed by atoms with Crippen molar-refractivity contribution in [1.29, 1.82) is 0 Å². The predicted molar refractivity (Wildman–Crippen MR) is 97.7 cm³/mol. The molecule has 0 radical (unpaired) electrons. The molecule has 8 heteroatoms. The highest BCUT2D eigenvalue weighted by atomic mass is 35.5. The van der Waals surface area contributed by atoms with Gasteiger partial charge in [0.05, 0.1) is 15.2 Å². The molecule has 0 unspecified atom stereocenters. The maximum absolute atomic E-state index is 12.5. The summed E-state index contributed by atoms with van der Waals surface area (Å²) in [6, 6.07) is 10.7. The molecule has 1 aliphatic heterocycles. The average Bonchev–Trinajstić information content (AvgIpc) is 2.90. The van der Waals surface area contributed by atoms with Gasteiger partial charge in [-0.25, -0.2) is 0 Å². The number of amides is 1. The van der Waals surface area contributed by atoms with Gasteiger partial charge in [0, 0.05) is 12.1 Å². The summed E-state index contributed by atoms with van der Waals surface area (Å²) in [5.74, 6) is 0.761. The number of carbonyl (C=O) groups is 1. The van der Waals surface area contributed by atoms with E-state index in [4.69, 9.17) is 32.7 Å². The second-order valence-electron chi connectivity index (χ2n) is 5.49. The Kier molecular flexibility index (Phi) is 4.19. The van der Waals surface area contributed by atoms with Crippen LogP contribution in [0.1, 0.15) is 0 Å². The number of rotatable bonds is 1. The Balaban J connectivity index is 1.70. The number of benzene rings is 2. The smallest absolute Gasteiger partial charge is 0.292 e. The predicted octanol–water partition coefficient (Wildman–Crippen LogP) is 3.81. The molecule has 128 valence electrons. The zero-order valence-corrected chi connectivity index (χ0v) is 15.4. The van der Waals surface area contributed by atoms with Crippen LogP contribution in [0.15, 0.2) is 41.4 Å². The van der Waals surface area contributed by atoms with Crippen LogP contribution in [0.2, 0.25) is 10.0 Å². The summed E-state index contributed by atoms with van der Waals surface area (Å²) in [5, 5.41) is 1.05. The number of ether oxygens (including phenoxy) is 2. The van der Waals surface area contributed by atoms with E-state index in [0.29, 0.717) is 26.3 Å². The second-order valence-corrected chi connectivity index (χ2v) is 7.35. The van der Waals surface area contributed by atoms with E-state index in [0.717, 1.165) is 10.2 Å². The molecular weight excluding hydrogens is 383 g/mol. The Labute approximate surface area is 157 Å². The molecule has 0 bridgehead atoms. The lowest BCUT2D eigenvalue weighted by atomic mass is 10.2. The average molecular weight is 395 g/mol. The van der Waals surface area contributed by atoms with Crippen molar-refractivity contribution < 1.29 is 14.3 Å². The molecule has 0 N–H and O–H groups in total. The second kappa shape index (κ2) is 6.37. The van der Waals surface area contributed by atoms with Crippen molar-refractivity contribution in [2.75, 3.05) is 6.61 Å². The Morgan fingerprint density at radius 2 is 2.04 bits per heavy atom. The van der Waals surface area contributed by atoms with E-state index < -0.39 is 12.0 Å². The van der Waals surface area contributed by atoms with Crippen LogP contribution in [0.3, 0.4) is 0 Å². The zero-order valence-electron chi connectivity index (χ0n) is 13.0. The number of hydrogen-bond acceptors (Lipinski definition) is 4. The molecule has 0 aliphatic carbocycles. The number of thiazole rings is 1. The van der Waals surface area contributed by atoms with E-state index in [2.05, 4.69) is 4.99 Å². The van der Waals surface area contributed by atoms with E-state index in [1.165, 1.54) is 11.3 Å². The first-order valence-electron chi connectivity index (χ1n) is 7.44. The van der Waals surface area contributed by atoms with Crippen molar-refractivity contribution in [2.24, 2.45) is 12.0 Å². The SMILES string of the molecule is Cn1c(=NC(=O)[C@H]2COc3ccccc3O2)sc2cc(Cl)cc(Cl)c21. The van der Waals surface area contributed by atoms with Gasteiger partial charge in [0.1, 0.15) is 6.61 Å². The van der Waals surface area contributed by atoms with Crippen molar-refractivity contribution in [3.05, 3.63) is 51.2 Å². The third-order valence-electron chi connectivity index (χ3n) is 3.81. The van der Waals surface area contributed by atoms with Crippen molar-refractivity contribution >= 4 is 50.7 Å². The first kappa shape index (κ1) is 16.4. The number of halogens is 2. The van der Waals surface area contributed by atoms with Crippen LogP contribution in [0.5, 0.6) is 11.5 Å². The maximum atomic E-state index is 12.5. The van der Waals surface area contributed by atoms with Gasteiger partial charge >= 0.3 is 0 Å². The fourth-order valence-electron chi connectivity index (χ4n) is 2.61. The highest BCUT2D eigenvalue weighted by Crippen LogP contribution is 2.31.